The van der Waals surface area contributed by atoms with Gasteiger partial charge in [0.05, 0.1) is 24.9 Å². The number of ether oxygens (including phenoxy) is 2. The highest BCUT2D eigenvalue weighted by molar-refractivity contribution is 5.26. The molecular weight excluding hydrogens is 250 g/mol. The maximum Gasteiger partial charge on any atom is 0.0723 e. The van der Waals surface area contributed by atoms with Gasteiger partial charge in [0.1, 0.15) is 0 Å². The number of nitrogens with one attached hydrogen (secondary N) is 1. The van der Waals surface area contributed by atoms with Crippen LogP contribution in [0.4, 0.5) is 0 Å². The van der Waals surface area contributed by atoms with Gasteiger partial charge >= 0.3 is 0 Å². The van der Waals surface area contributed by atoms with Gasteiger partial charge in [-0.05, 0) is 57.8 Å². The molecule has 3 heteroatoms. The van der Waals surface area contributed by atoms with E-state index in [1.54, 1.807) is 0 Å². The van der Waals surface area contributed by atoms with Crippen LogP contribution in [0.25, 0.3) is 0 Å². The number of benzene rings is 1. The molecule has 0 radical (unpaired) electrons. The average Bonchev–Trinajstić information content (AvgIpc) is 2.43. The lowest BCUT2D eigenvalue weighted by molar-refractivity contribution is -0.106. The van der Waals surface area contributed by atoms with E-state index in [2.05, 4.69) is 43.4 Å². The van der Waals surface area contributed by atoms with Gasteiger partial charge in [-0.25, -0.2) is 0 Å². The fraction of sp³-hybridized carbons (Fsp3) is 0.647. The number of hydrogen-bond donors (Lipinski definition) is 1. The van der Waals surface area contributed by atoms with Crippen LogP contribution >= 0.6 is 0 Å². The summed E-state index contributed by atoms with van der Waals surface area (Å²) in [5, 5.41) is 3.20. The Morgan fingerprint density at radius 1 is 1.15 bits per heavy atom. The normalized spacial score (nSPS) is 26.6. The number of hydrogen-bond acceptors (Lipinski definition) is 3. The Balaban J connectivity index is 1.90. The third kappa shape index (κ3) is 4.58. The van der Waals surface area contributed by atoms with Crippen molar-refractivity contribution in [3.63, 3.8) is 0 Å². The minimum absolute atomic E-state index is 0.309. The fourth-order valence-corrected chi connectivity index (χ4v) is 2.89. The minimum atomic E-state index is 0.309. The van der Waals surface area contributed by atoms with Gasteiger partial charge < -0.3 is 14.8 Å². The summed E-state index contributed by atoms with van der Waals surface area (Å²) in [4.78, 5) is 0. The van der Waals surface area contributed by atoms with Crippen LogP contribution in [-0.4, -0.2) is 31.9 Å². The van der Waals surface area contributed by atoms with Crippen LogP contribution in [0.2, 0.25) is 0 Å². The first-order valence-electron chi connectivity index (χ1n) is 7.67. The van der Waals surface area contributed by atoms with Gasteiger partial charge in [0.15, 0.2) is 0 Å². The zero-order chi connectivity index (χ0) is 14.4. The van der Waals surface area contributed by atoms with E-state index in [0.717, 1.165) is 25.8 Å². The summed E-state index contributed by atoms with van der Waals surface area (Å²) in [6.45, 7) is 5.98. The van der Waals surface area contributed by atoms with Gasteiger partial charge in [-0.15, -0.1) is 0 Å². The Bertz CT molecular complexity index is 398. The first-order valence-corrected chi connectivity index (χ1v) is 7.67. The molecule has 1 saturated heterocycles. The van der Waals surface area contributed by atoms with Gasteiger partial charge in [-0.2, -0.15) is 0 Å². The van der Waals surface area contributed by atoms with Crippen molar-refractivity contribution in [3.05, 3.63) is 35.4 Å². The van der Waals surface area contributed by atoms with Crippen LogP contribution in [-0.2, 0) is 22.5 Å². The van der Waals surface area contributed by atoms with E-state index in [0.29, 0.717) is 24.9 Å². The Labute approximate surface area is 122 Å². The third-order valence-electron chi connectivity index (χ3n) is 3.89. The second-order valence-electron chi connectivity index (χ2n) is 5.78. The van der Waals surface area contributed by atoms with Crippen LogP contribution in [0.15, 0.2) is 24.3 Å². The number of rotatable bonds is 6. The van der Waals surface area contributed by atoms with Gasteiger partial charge in [-0.3, -0.25) is 0 Å². The summed E-state index contributed by atoms with van der Waals surface area (Å²) in [5.74, 6) is 0. The highest BCUT2D eigenvalue weighted by atomic mass is 16.5. The van der Waals surface area contributed by atoms with Gasteiger partial charge in [-0.1, -0.05) is 24.3 Å². The van der Waals surface area contributed by atoms with Crippen LogP contribution in [0.5, 0.6) is 0 Å². The van der Waals surface area contributed by atoms with Gasteiger partial charge in [0, 0.05) is 0 Å². The molecule has 0 saturated carbocycles. The lowest BCUT2D eigenvalue weighted by Crippen LogP contribution is -2.34. The smallest absolute Gasteiger partial charge is 0.0723 e. The monoisotopic (exact) mass is 277 g/mol. The summed E-state index contributed by atoms with van der Waals surface area (Å²) in [7, 11) is 1.99. The predicted molar refractivity (Wildman–Crippen MR) is 81.9 cm³/mol. The highest BCUT2D eigenvalue weighted by Crippen LogP contribution is 2.23. The molecule has 0 aliphatic carbocycles. The van der Waals surface area contributed by atoms with Crippen molar-refractivity contribution in [1.82, 2.24) is 5.32 Å². The maximum atomic E-state index is 6.13. The summed E-state index contributed by atoms with van der Waals surface area (Å²) < 4.78 is 11.9. The third-order valence-corrected chi connectivity index (χ3v) is 3.89. The molecule has 1 aromatic rings. The molecule has 1 aliphatic rings. The van der Waals surface area contributed by atoms with E-state index >= 15 is 0 Å². The summed E-state index contributed by atoms with van der Waals surface area (Å²) in [5.41, 5.74) is 2.70. The van der Waals surface area contributed by atoms with Crippen molar-refractivity contribution < 1.29 is 9.47 Å². The fourth-order valence-electron chi connectivity index (χ4n) is 2.89. The Morgan fingerprint density at radius 2 is 1.80 bits per heavy atom. The molecule has 2 rings (SSSR count). The molecule has 0 amide bonds. The summed E-state index contributed by atoms with van der Waals surface area (Å²) >= 11 is 0. The molecule has 0 aromatic heterocycles. The van der Waals surface area contributed by atoms with E-state index in [4.69, 9.17) is 9.47 Å². The molecule has 112 valence electrons. The second kappa shape index (κ2) is 7.77. The van der Waals surface area contributed by atoms with E-state index in [-0.39, 0.29) is 0 Å². The van der Waals surface area contributed by atoms with Crippen molar-refractivity contribution >= 4 is 0 Å². The maximum absolute atomic E-state index is 6.13. The van der Waals surface area contributed by atoms with E-state index in [1.165, 1.54) is 11.1 Å². The van der Waals surface area contributed by atoms with Crippen molar-refractivity contribution in [2.24, 2.45) is 0 Å². The van der Waals surface area contributed by atoms with E-state index in [1.807, 2.05) is 7.05 Å². The number of likely N-dealkylation sites (N-methyl/N-ethyl adjacent to an activating group) is 1. The Morgan fingerprint density at radius 3 is 2.45 bits per heavy atom. The molecule has 0 bridgehead atoms. The molecule has 3 nitrogen and oxygen atoms in total. The molecule has 1 N–H and O–H groups in total. The van der Waals surface area contributed by atoms with Crippen LogP contribution in [0, 0.1) is 0 Å². The Hall–Kier alpha value is -0.900. The van der Waals surface area contributed by atoms with Crippen molar-refractivity contribution in [3.8, 4) is 0 Å². The van der Waals surface area contributed by atoms with Crippen molar-refractivity contribution in [2.45, 2.75) is 58.0 Å². The molecular formula is C17H27NO2. The molecule has 0 spiro atoms. The predicted octanol–water partition coefficient (Wildman–Crippen LogP) is 2.92. The van der Waals surface area contributed by atoms with Gasteiger partial charge in [0.25, 0.3) is 0 Å². The lowest BCUT2D eigenvalue weighted by Gasteiger charge is -2.32. The standard InChI is InChI=1S/C17H27NO2/c1-13-10-17(11-14(2)20-13)19-12-16-7-5-4-6-15(16)8-9-18-3/h4-7,13-14,17-18H,8-12H2,1-3H3. The zero-order valence-corrected chi connectivity index (χ0v) is 12.9. The quantitative estimate of drug-likeness (QED) is 0.867. The molecule has 1 aromatic carbocycles. The molecule has 1 fully saturated rings. The van der Waals surface area contributed by atoms with Crippen LogP contribution < -0.4 is 5.32 Å². The molecule has 2 unspecified atom stereocenters. The SMILES string of the molecule is CNCCc1ccccc1COC1CC(C)OC(C)C1. The Kier molecular flexibility index (Phi) is 6.02. The highest BCUT2D eigenvalue weighted by Gasteiger charge is 2.24. The minimum Gasteiger partial charge on any atom is -0.375 e. The zero-order valence-electron chi connectivity index (χ0n) is 12.9. The molecule has 2 atom stereocenters. The molecule has 20 heavy (non-hydrogen) atoms. The van der Waals surface area contributed by atoms with Crippen molar-refractivity contribution in [1.29, 1.82) is 0 Å². The average molecular weight is 277 g/mol. The summed E-state index contributed by atoms with van der Waals surface area (Å²) in [6, 6.07) is 8.58. The van der Waals surface area contributed by atoms with Crippen LogP contribution in [0.3, 0.4) is 0 Å². The van der Waals surface area contributed by atoms with Crippen LogP contribution in [0.1, 0.15) is 37.8 Å². The van der Waals surface area contributed by atoms with E-state index in [9.17, 15) is 0 Å². The largest absolute Gasteiger partial charge is 0.375 e. The topological polar surface area (TPSA) is 30.5 Å². The first kappa shape index (κ1) is 15.5. The van der Waals surface area contributed by atoms with Crippen molar-refractivity contribution in [2.75, 3.05) is 13.6 Å². The van der Waals surface area contributed by atoms with E-state index < -0.39 is 0 Å². The molecule has 1 heterocycles. The molecule has 1 aliphatic heterocycles. The van der Waals surface area contributed by atoms with Gasteiger partial charge in [0.2, 0.25) is 0 Å². The second-order valence-corrected chi connectivity index (χ2v) is 5.78. The lowest BCUT2D eigenvalue weighted by atomic mass is 10.0. The first-order chi connectivity index (χ1) is 9.69. The summed E-state index contributed by atoms with van der Waals surface area (Å²) in [6.07, 6.45) is 4.00.